The van der Waals surface area contributed by atoms with Gasteiger partial charge in [-0.2, -0.15) is 5.10 Å². The fourth-order valence-corrected chi connectivity index (χ4v) is 1.42. The van der Waals surface area contributed by atoms with Gasteiger partial charge in [0.15, 0.2) is 5.76 Å². The first kappa shape index (κ1) is 12.8. The molecule has 0 unspecified atom stereocenters. The Bertz CT molecular complexity index is 584. The zero-order chi connectivity index (χ0) is 13.5. The van der Waals surface area contributed by atoms with Crippen molar-refractivity contribution < 1.29 is 9.21 Å². The highest BCUT2D eigenvalue weighted by atomic mass is 16.3. The van der Waals surface area contributed by atoms with Crippen LogP contribution in [0.3, 0.4) is 0 Å². The maximum absolute atomic E-state index is 11.5. The molecule has 19 heavy (non-hydrogen) atoms. The maximum Gasteiger partial charge on any atom is 0.307 e. The van der Waals surface area contributed by atoms with Crippen LogP contribution in [0.5, 0.6) is 0 Å². The fourth-order valence-electron chi connectivity index (χ4n) is 1.42. The third-order valence-electron chi connectivity index (χ3n) is 2.40. The van der Waals surface area contributed by atoms with Crippen molar-refractivity contribution >= 4 is 17.7 Å². The van der Waals surface area contributed by atoms with Crippen LogP contribution in [0.1, 0.15) is 23.0 Å². The van der Waals surface area contributed by atoms with Gasteiger partial charge in [0, 0.05) is 0 Å². The molecule has 0 saturated heterocycles. The summed E-state index contributed by atoms with van der Waals surface area (Å²) >= 11 is 0. The Morgan fingerprint density at radius 3 is 2.68 bits per heavy atom. The molecule has 1 aromatic carbocycles. The molecule has 4 heteroatoms. The Hall–Kier alpha value is -2.62. The van der Waals surface area contributed by atoms with Crippen LogP contribution >= 0.6 is 0 Å². The Labute approximate surface area is 111 Å². The molecule has 0 spiro atoms. The molecule has 2 rings (SSSR count). The molecule has 4 nitrogen and oxygen atoms in total. The van der Waals surface area contributed by atoms with Crippen LogP contribution in [-0.2, 0) is 0 Å². The van der Waals surface area contributed by atoms with Crippen molar-refractivity contribution in [3.05, 3.63) is 66.1 Å². The van der Waals surface area contributed by atoms with Gasteiger partial charge in [0.2, 0.25) is 0 Å². The lowest BCUT2D eigenvalue weighted by Crippen LogP contribution is -2.17. The van der Waals surface area contributed by atoms with Crippen molar-refractivity contribution in [3.63, 3.8) is 0 Å². The molecule has 1 heterocycles. The van der Waals surface area contributed by atoms with Crippen molar-refractivity contribution in [1.82, 2.24) is 5.43 Å². The highest BCUT2D eigenvalue weighted by Gasteiger charge is 2.05. The number of amides is 1. The van der Waals surface area contributed by atoms with E-state index in [4.69, 9.17) is 4.42 Å². The van der Waals surface area contributed by atoms with Gasteiger partial charge in [-0.3, -0.25) is 4.79 Å². The normalized spacial score (nSPS) is 11.7. The fraction of sp³-hybridized carbons (Fsp3) is 0.0667. The second-order valence-corrected chi connectivity index (χ2v) is 3.92. The lowest BCUT2D eigenvalue weighted by atomic mass is 10.2. The molecule has 1 N–H and O–H groups in total. The monoisotopic (exact) mass is 254 g/mol. The predicted octanol–water partition coefficient (Wildman–Crippen LogP) is 3.10. The van der Waals surface area contributed by atoms with Gasteiger partial charge in [0.25, 0.3) is 0 Å². The molecule has 0 saturated carbocycles. The Morgan fingerprint density at radius 1 is 1.21 bits per heavy atom. The van der Waals surface area contributed by atoms with Crippen molar-refractivity contribution in [3.8, 4) is 0 Å². The van der Waals surface area contributed by atoms with Crippen LogP contribution in [-0.4, -0.2) is 11.6 Å². The standard InChI is InChI=1S/C15H14N2O2/c1-12(9-10-13-6-3-2-4-7-13)16-17-15(18)14-8-5-11-19-14/h2-11H,1H3,(H,17,18). The summed E-state index contributed by atoms with van der Waals surface area (Å²) in [7, 11) is 0. The minimum atomic E-state index is -0.363. The zero-order valence-corrected chi connectivity index (χ0v) is 10.5. The average Bonchev–Trinajstić information content (AvgIpc) is 2.98. The first-order valence-electron chi connectivity index (χ1n) is 5.87. The minimum absolute atomic E-state index is 0.239. The summed E-state index contributed by atoms with van der Waals surface area (Å²) in [5.74, 6) is -0.124. The van der Waals surface area contributed by atoms with Crippen LogP contribution < -0.4 is 5.43 Å². The predicted molar refractivity (Wildman–Crippen MR) is 74.8 cm³/mol. The first-order chi connectivity index (χ1) is 9.25. The quantitative estimate of drug-likeness (QED) is 0.673. The molecule has 1 aromatic heterocycles. The number of furan rings is 1. The number of hydrazone groups is 1. The van der Waals surface area contributed by atoms with E-state index in [1.54, 1.807) is 12.1 Å². The summed E-state index contributed by atoms with van der Waals surface area (Å²) in [6.07, 6.45) is 5.20. The molecule has 2 aromatic rings. The van der Waals surface area contributed by atoms with Gasteiger partial charge in [0.1, 0.15) is 0 Å². The number of hydrogen-bond acceptors (Lipinski definition) is 3. The van der Waals surface area contributed by atoms with Crippen LogP contribution in [0.15, 0.2) is 64.3 Å². The van der Waals surface area contributed by atoms with E-state index in [0.717, 1.165) is 5.56 Å². The minimum Gasteiger partial charge on any atom is -0.459 e. The molecule has 1 amide bonds. The van der Waals surface area contributed by atoms with Crippen molar-refractivity contribution in [1.29, 1.82) is 0 Å². The molecular formula is C15H14N2O2. The summed E-state index contributed by atoms with van der Waals surface area (Å²) in [4.78, 5) is 11.5. The van der Waals surface area contributed by atoms with Gasteiger partial charge in [-0.15, -0.1) is 0 Å². The molecule has 0 atom stereocenters. The number of nitrogens with zero attached hydrogens (tertiary/aromatic N) is 1. The van der Waals surface area contributed by atoms with Gasteiger partial charge in [0.05, 0.1) is 12.0 Å². The number of carbonyl (C=O) groups excluding carboxylic acids is 1. The molecule has 0 bridgehead atoms. The van der Waals surface area contributed by atoms with Crippen LogP contribution in [0.25, 0.3) is 6.08 Å². The summed E-state index contributed by atoms with van der Waals surface area (Å²) < 4.78 is 4.96. The zero-order valence-electron chi connectivity index (χ0n) is 10.5. The molecule has 0 aliphatic heterocycles. The largest absolute Gasteiger partial charge is 0.459 e. The molecule has 0 radical (unpaired) electrons. The number of benzene rings is 1. The topological polar surface area (TPSA) is 54.6 Å². The first-order valence-corrected chi connectivity index (χ1v) is 5.87. The second-order valence-electron chi connectivity index (χ2n) is 3.92. The van der Waals surface area contributed by atoms with Crippen molar-refractivity contribution in [2.75, 3.05) is 0 Å². The van der Waals surface area contributed by atoms with E-state index < -0.39 is 0 Å². The van der Waals surface area contributed by atoms with E-state index in [1.165, 1.54) is 6.26 Å². The third kappa shape index (κ3) is 3.96. The molecule has 0 aliphatic carbocycles. The van der Waals surface area contributed by atoms with E-state index >= 15 is 0 Å². The lowest BCUT2D eigenvalue weighted by molar-refractivity contribution is 0.0927. The Kier molecular flexibility index (Phi) is 4.29. The van der Waals surface area contributed by atoms with E-state index in [1.807, 2.05) is 49.4 Å². The Balaban J connectivity index is 1.93. The summed E-state index contributed by atoms with van der Waals surface area (Å²) in [6.45, 7) is 1.81. The number of carbonyl (C=O) groups is 1. The smallest absolute Gasteiger partial charge is 0.307 e. The van der Waals surface area contributed by atoms with E-state index in [-0.39, 0.29) is 11.7 Å². The number of nitrogens with one attached hydrogen (secondary N) is 1. The number of rotatable bonds is 4. The van der Waals surface area contributed by atoms with E-state index in [9.17, 15) is 4.79 Å². The number of hydrogen-bond donors (Lipinski definition) is 1. The van der Waals surface area contributed by atoms with Crippen LogP contribution in [0.2, 0.25) is 0 Å². The molecule has 0 fully saturated rings. The molecular weight excluding hydrogens is 240 g/mol. The maximum atomic E-state index is 11.5. The van der Waals surface area contributed by atoms with Gasteiger partial charge in [-0.05, 0) is 30.7 Å². The average molecular weight is 254 g/mol. The van der Waals surface area contributed by atoms with Gasteiger partial charge in [-0.25, -0.2) is 5.43 Å². The summed E-state index contributed by atoms with van der Waals surface area (Å²) in [5.41, 5.74) is 4.20. The Morgan fingerprint density at radius 2 is 2.00 bits per heavy atom. The summed E-state index contributed by atoms with van der Waals surface area (Å²) in [6, 6.07) is 13.1. The van der Waals surface area contributed by atoms with Crippen LogP contribution in [0, 0.1) is 0 Å². The lowest BCUT2D eigenvalue weighted by Gasteiger charge is -1.97. The third-order valence-corrected chi connectivity index (χ3v) is 2.40. The highest BCUT2D eigenvalue weighted by molar-refractivity contribution is 5.98. The van der Waals surface area contributed by atoms with E-state index in [2.05, 4.69) is 10.5 Å². The SMILES string of the molecule is CC(C=Cc1ccccc1)=NNC(=O)c1ccco1. The van der Waals surface area contributed by atoms with Crippen molar-refractivity contribution in [2.24, 2.45) is 5.10 Å². The van der Waals surface area contributed by atoms with Gasteiger partial charge < -0.3 is 4.42 Å². The van der Waals surface area contributed by atoms with Crippen molar-refractivity contribution in [2.45, 2.75) is 6.92 Å². The highest BCUT2D eigenvalue weighted by Crippen LogP contribution is 2.01. The number of allylic oxidation sites excluding steroid dienone is 1. The van der Waals surface area contributed by atoms with Gasteiger partial charge in [-0.1, -0.05) is 36.4 Å². The summed E-state index contributed by atoms with van der Waals surface area (Å²) in [5, 5.41) is 3.97. The van der Waals surface area contributed by atoms with Crippen LogP contribution in [0.4, 0.5) is 0 Å². The molecule has 0 aliphatic rings. The second kappa shape index (κ2) is 6.35. The van der Waals surface area contributed by atoms with E-state index in [0.29, 0.717) is 5.71 Å². The van der Waals surface area contributed by atoms with Gasteiger partial charge >= 0.3 is 5.91 Å². The molecule has 96 valence electrons.